The number of aliphatic imine (C=N–C) groups is 1. The van der Waals surface area contributed by atoms with E-state index < -0.39 is 0 Å². The Balaban J connectivity index is 2.81. The number of allylic oxidation sites excluding steroid dienone is 2. The van der Waals surface area contributed by atoms with Crippen LogP contribution in [0.1, 0.15) is 52.9 Å². The molecule has 1 fully saturated rings. The predicted molar refractivity (Wildman–Crippen MR) is 87.9 cm³/mol. The van der Waals surface area contributed by atoms with Crippen LogP contribution < -0.4 is 0 Å². The fourth-order valence-electron chi connectivity index (χ4n) is 2.85. The molecule has 0 spiro atoms. The van der Waals surface area contributed by atoms with E-state index in [9.17, 15) is 9.90 Å². The molecule has 1 aliphatic carbocycles. The molecule has 20 heavy (non-hydrogen) atoms. The van der Waals surface area contributed by atoms with Gasteiger partial charge in [-0.1, -0.05) is 20.8 Å². The van der Waals surface area contributed by atoms with Crippen molar-refractivity contribution in [3.05, 3.63) is 11.3 Å². The minimum Gasteiger partial charge on any atom is -0.511 e. The van der Waals surface area contributed by atoms with Gasteiger partial charge < -0.3 is 5.11 Å². The molecule has 1 rings (SSSR count). The number of carbonyl (C=O) groups excluding carboxylic acids is 1. The molecule has 0 radical (unpaired) electrons. The number of Topliss-reactive ketones (excluding diaryl/α,β-unsaturated/α-hetero) is 1. The molecule has 1 N–H and O–H groups in total. The highest BCUT2D eigenvalue weighted by Gasteiger charge is 2.31. The van der Waals surface area contributed by atoms with Crippen LogP contribution in [-0.2, 0) is 4.79 Å². The number of thioether (sulfide) groups is 1. The van der Waals surface area contributed by atoms with Gasteiger partial charge in [-0.05, 0) is 30.9 Å². The van der Waals surface area contributed by atoms with E-state index in [-0.39, 0.29) is 11.5 Å². The van der Waals surface area contributed by atoms with E-state index >= 15 is 0 Å². The summed E-state index contributed by atoms with van der Waals surface area (Å²) in [6.07, 6.45) is 3.82. The summed E-state index contributed by atoms with van der Waals surface area (Å²) in [6, 6.07) is 0. The average molecular weight is 297 g/mol. The summed E-state index contributed by atoms with van der Waals surface area (Å²) >= 11 is 1.94. The van der Waals surface area contributed by atoms with Crippen molar-refractivity contribution in [2.75, 3.05) is 12.8 Å². The van der Waals surface area contributed by atoms with Gasteiger partial charge in [0.05, 0.1) is 5.57 Å². The van der Waals surface area contributed by atoms with E-state index in [1.54, 1.807) is 7.05 Å². The number of carbonyl (C=O) groups is 1. The monoisotopic (exact) mass is 297 g/mol. The summed E-state index contributed by atoms with van der Waals surface area (Å²) in [4.78, 5) is 16.6. The second kappa shape index (κ2) is 8.50. The van der Waals surface area contributed by atoms with E-state index in [0.29, 0.717) is 29.6 Å². The van der Waals surface area contributed by atoms with E-state index in [0.717, 1.165) is 30.7 Å². The molecule has 0 aliphatic heterocycles. The van der Waals surface area contributed by atoms with Crippen molar-refractivity contribution in [3.8, 4) is 0 Å². The molecule has 0 amide bonds. The lowest BCUT2D eigenvalue weighted by Crippen LogP contribution is -2.29. The average Bonchev–Trinajstić information content (AvgIpc) is 2.38. The summed E-state index contributed by atoms with van der Waals surface area (Å²) in [5, 5.41) is 10.6. The molecule has 0 heterocycles. The lowest BCUT2D eigenvalue weighted by molar-refractivity contribution is -0.116. The Hall–Kier alpha value is -0.770. The van der Waals surface area contributed by atoms with Gasteiger partial charge in [0, 0.05) is 30.9 Å². The highest BCUT2D eigenvalue weighted by atomic mass is 32.2. The topological polar surface area (TPSA) is 49.7 Å². The summed E-state index contributed by atoms with van der Waals surface area (Å²) in [5.74, 6) is 1.78. The zero-order valence-electron chi connectivity index (χ0n) is 13.1. The molecule has 3 nitrogen and oxygen atoms in total. The lowest BCUT2D eigenvalue weighted by Gasteiger charge is -2.27. The van der Waals surface area contributed by atoms with Crippen LogP contribution in [0.2, 0.25) is 0 Å². The minimum absolute atomic E-state index is 0.0708. The van der Waals surface area contributed by atoms with Gasteiger partial charge >= 0.3 is 0 Å². The second-order valence-corrected chi connectivity index (χ2v) is 7.16. The second-order valence-electron chi connectivity index (χ2n) is 5.44. The first kappa shape index (κ1) is 17.3. The van der Waals surface area contributed by atoms with Crippen LogP contribution in [0.5, 0.6) is 0 Å². The van der Waals surface area contributed by atoms with Gasteiger partial charge in [-0.15, -0.1) is 0 Å². The number of aliphatic hydroxyl groups excluding tert-OH is 1. The molecule has 0 aromatic heterocycles. The largest absolute Gasteiger partial charge is 0.511 e. The van der Waals surface area contributed by atoms with Gasteiger partial charge in [0.15, 0.2) is 5.78 Å². The summed E-state index contributed by atoms with van der Waals surface area (Å²) in [5.41, 5.74) is 1.30. The van der Waals surface area contributed by atoms with E-state index in [4.69, 9.17) is 0 Å². The fraction of sp³-hybridized carbons (Fsp3) is 0.750. The SMILES string of the molecule is CCC/C(O)=C1\C(=O)CC(CC(C)SCC)CC1=NC. The molecular weight excluding hydrogens is 270 g/mol. The van der Waals surface area contributed by atoms with Gasteiger partial charge in [0.1, 0.15) is 5.76 Å². The van der Waals surface area contributed by atoms with Crippen LogP contribution in [0.3, 0.4) is 0 Å². The van der Waals surface area contributed by atoms with Crippen LogP contribution in [-0.4, -0.2) is 34.7 Å². The zero-order valence-corrected chi connectivity index (χ0v) is 13.9. The molecule has 2 unspecified atom stereocenters. The van der Waals surface area contributed by atoms with Crippen molar-refractivity contribution in [3.63, 3.8) is 0 Å². The first-order chi connectivity index (χ1) is 9.53. The van der Waals surface area contributed by atoms with Gasteiger partial charge in [-0.3, -0.25) is 9.79 Å². The molecule has 2 atom stereocenters. The summed E-state index contributed by atoms with van der Waals surface area (Å²) in [7, 11) is 1.72. The normalized spacial score (nSPS) is 25.9. The van der Waals surface area contributed by atoms with Crippen molar-refractivity contribution in [2.24, 2.45) is 10.9 Å². The van der Waals surface area contributed by atoms with Crippen molar-refractivity contribution in [1.29, 1.82) is 0 Å². The maximum absolute atomic E-state index is 12.3. The summed E-state index contributed by atoms with van der Waals surface area (Å²) in [6.45, 7) is 6.39. The summed E-state index contributed by atoms with van der Waals surface area (Å²) < 4.78 is 0. The standard InChI is InChI=1S/C16H27NO2S/c1-5-7-14(18)16-13(17-4)9-12(10-15(16)19)8-11(3)20-6-2/h11-12,18H,5-10H2,1-4H3/b16-14+,17-13?. The maximum atomic E-state index is 12.3. The van der Waals surface area contributed by atoms with E-state index in [2.05, 4.69) is 18.8 Å². The number of nitrogens with zero attached hydrogens (tertiary/aromatic N) is 1. The van der Waals surface area contributed by atoms with Crippen molar-refractivity contribution >= 4 is 23.3 Å². The molecule has 1 aliphatic rings. The Morgan fingerprint density at radius 2 is 2.15 bits per heavy atom. The lowest BCUT2D eigenvalue weighted by atomic mass is 9.80. The first-order valence-electron chi connectivity index (χ1n) is 7.56. The molecule has 114 valence electrons. The van der Waals surface area contributed by atoms with Crippen molar-refractivity contribution < 1.29 is 9.90 Å². The predicted octanol–water partition coefficient (Wildman–Crippen LogP) is 4.18. The number of hydrogen-bond acceptors (Lipinski definition) is 4. The highest BCUT2D eigenvalue weighted by Crippen LogP contribution is 2.31. The molecule has 1 saturated carbocycles. The van der Waals surface area contributed by atoms with Gasteiger partial charge in [-0.2, -0.15) is 11.8 Å². The Bertz CT molecular complexity index is 401. The van der Waals surface area contributed by atoms with Crippen LogP contribution in [0.4, 0.5) is 0 Å². The van der Waals surface area contributed by atoms with E-state index in [1.165, 1.54) is 0 Å². The van der Waals surface area contributed by atoms with Crippen LogP contribution >= 0.6 is 11.8 Å². The van der Waals surface area contributed by atoms with Crippen LogP contribution in [0.25, 0.3) is 0 Å². The van der Waals surface area contributed by atoms with Gasteiger partial charge in [-0.25, -0.2) is 0 Å². The van der Waals surface area contributed by atoms with Crippen molar-refractivity contribution in [1.82, 2.24) is 0 Å². The Morgan fingerprint density at radius 1 is 1.45 bits per heavy atom. The molecule has 0 aromatic rings. The molecular formula is C16H27NO2S. The molecule has 0 bridgehead atoms. The molecule has 0 saturated heterocycles. The maximum Gasteiger partial charge on any atom is 0.168 e. The number of ketones is 1. The number of rotatable bonds is 6. The third kappa shape index (κ3) is 4.65. The van der Waals surface area contributed by atoms with Crippen LogP contribution in [0.15, 0.2) is 16.3 Å². The number of aliphatic hydroxyl groups is 1. The van der Waals surface area contributed by atoms with Crippen molar-refractivity contribution in [2.45, 2.75) is 58.1 Å². The zero-order chi connectivity index (χ0) is 15.1. The van der Waals surface area contributed by atoms with Gasteiger partial charge in [0.25, 0.3) is 0 Å². The molecule has 4 heteroatoms. The Labute approximate surface area is 126 Å². The van der Waals surface area contributed by atoms with E-state index in [1.807, 2.05) is 18.7 Å². The Morgan fingerprint density at radius 3 is 2.70 bits per heavy atom. The third-order valence-corrected chi connectivity index (χ3v) is 4.78. The number of hydrogen-bond donors (Lipinski definition) is 1. The van der Waals surface area contributed by atoms with Crippen LogP contribution in [0, 0.1) is 5.92 Å². The smallest absolute Gasteiger partial charge is 0.168 e. The van der Waals surface area contributed by atoms with Gasteiger partial charge in [0.2, 0.25) is 0 Å². The fourth-order valence-corrected chi connectivity index (χ4v) is 3.83. The molecule has 0 aromatic carbocycles. The first-order valence-corrected chi connectivity index (χ1v) is 8.61. The Kier molecular flexibility index (Phi) is 7.35. The minimum atomic E-state index is 0.0708. The third-order valence-electron chi connectivity index (χ3n) is 3.69. The highest BCUT2D eigenvalue weighted by molar-refractivity contribution is 7.99. The quantitative estimate of drug-likeness (QED) is 0.591.